The second-order valence-electron chi connectivity index (χ2n) is 8.71. The van der Waals surface area contributed by atoms with Gasteiger partial charge in [0.1, 0.15) is 40.7 Å². The van der Waals surface area contributed by atoms with E-state index >= 15 is 0 Å². The Bertz CT molecular complexity index is 1530. The monoisotopic (exact) mass is 486 g/mol. The third-order valence-electron chi connectivity index (χ3n) is 6.61. The number of halogens is 4. The van der Waals surface area contributed by atoms with Gasteiger partial charge in [-0.2, -0.15) is 13.2 Å². The molecular formula is C23H18F4N6O2. The second-order valence-corrected chi connectivity index (χ2v) is 8.71. The number of likely N-dealkylation sites (tertiary alicyclic amines) is 1. The molecule has 35 heavy (non-hydrogen) atoms. The van der Waals surface area contributed by atoms with Gasteiger partial charge in [-0.15, -0.1) is 0 Å². The number of aryl methyl sites for hydroxylation is 1. The molecule has 0 spiro atoms. The highest BCUT2D eigenvalue weighted by molar-refractivity contribution is 5.96. The van der Waals surface area contributed by atoms with Crippen molar-refractivity contribution in [3.8, 4) is 5.75 Å². The van der Waals surface area contributed by atoms with E-state index in [0.29, 0.717) is 47.7 Å². The van der Waals surface area contributed by atoms with Gasteiger partial charge in [0, 0.05) is 12.1 Å². The van der Waals surface area contributed by atoms with Crippen molar-refractivity contribution < 1.29 is 27.1 Å². The smallest absolute Gasteiger partial charge is 0.419 e. The number of pyridine rings is 1. The van der Waals surface area contributed by atoms with Gasteiger partial charge in [-0.3, -0.25) is 9.20 Å². The van der Waals surface area contributed by atoms with Crippen LogP contribution in [0.5, 0.6) is 5.75 Å². The number of nitrogens with two attached hydrogens (primary N) is 1. The second kappa shape index (κ2) is 7.27. The average molecular weight is 486 g/mol. The first-order valence-corrected chi connectivity index (χ1v) is 10.9. The zero-order valence-electron chi connectivity index (χ0n) is 18.3. The summed E-state index contributed by atoms with van der Waals surface area (Å²) in [7, 11) is 0. The minimum atomic E-state index is -4.85. The Morgan fingerprint density at radius 1 is 1.23 bits per heavy atom. The number of hydrogen-bond acceptors (Lipinski definition) is 6. The van der Waals surface area contributed by atoms with E-state index in [2.05, 4.69) is 15.0 Å². The van der Waals surface area contributed by atoms with Gasteiger partial charge in [-0.1, -0.05) is 0 Å². The maximum Gasteiger partial charge on any atom is 0.419 e. The first-order valence-electron chi connectivity index (χ1n) is 10.9. The topological polar surface area (TPSA) is 98.6 Å². The molecular weight excluding hydrogens is 468 g/mol. The van der Waals surface area contributed by atoms with Gasteiger partial charge < -0.3 is 15.4 Å². The summed E-state index contributed by atoms with van der Waals surface area (Å²) >= 11 is 0. The number of benzene rings is 1. The molecule has 1 fully saturated rings. The number of imidazole rings is 1. The Balaban J connectivity index is 1.42. The lowest BCUT2D eigenvalue weighted by Crippen LogP contribution is -2.44. The van der Waals surface area contributed by atoms with Crippen molar-refractivity contribution in [3.63, 3.8) is 0 Å². The zero-order chi connectivity index (χ0) is 24.6. The molecule has 2 aliphatic heterocycles. The lowest BCUT2D eigenvalue weighted by Gasteiger charge is -2.36. The van der Waals surface area contributed by atoms with Crippen molar-refractivity contribution in [2.45, 2.75) is 38.1 Å². The summed E-state index contributed by atoms with van der Waals surface area (Å²) < 4.78 is 61.4. The summed E-state index contributed by atoms with van der Waals surface area (Å²) in [6.45, 7) is 2.12. The zero-order valence-corrected chi connectivity index (χ0v) is 18.3. The molecule has 0 aliphatic carbocycles. The fourth-order valence-corrected chi connectivity index (χ4v) is 5.05. The van der Waals surface area contributed by atoms with E-state index < -0.39 is 35.6 Å². The normalized spacial score (nSPS) is 19.6. The van der Waals surface area contributed by atoms with E-state index in [1.807, 2.05) is 0 Å². The molecule has 2 atom stereocenters. The van der Waals surface area contributed by atoms with Crippen molar-refractivity contribution in [2.75, 3.05) is 12.3 Å². The van der Waals surface area contributed by atoms with Crippen molar-refractivity contribution in [1.29, 1.82) is 0 Å². The number of piperidine rings is 1. The first-order chi connectivity index (χ1) is 16.6. The number of alkyl halides is 3. The van der Waals surface area contributed by atoms with Gasteiger partial charge in [0.25, 0.3) is 5.91 Å². The first kappa shape index (κ1) is 21.6. The van der Waals surface area contributed by atoms with Gasteiger partial charge in [0.05, 0.1) is 29.0 Å². The fourth-order valence-electron chi connectivity index (χ4n) is 5.05. The number of rotatable bonds is 1. The van der Waals surface area contributed by atoms with Crippen LogP contribution in [0, 0.1) is 12.7 Å². The van der Waals surface area contributed by atoms with Crippen LogP contribution >= 0.6 is 0 Å². The summed E-state index contributed by atoms with van der Waals surface area (Å²) in [5.74, 6) is -1.62. The molecule has 2 N–H and O–H groups in total. The van der Waals surface area contributed by atoms with E-state index in [1.54, 1.807) is 23.7 Å². The van der Waals surface area contributed by atoms with Crippen LogP contribution in [0.1, 0.15) is 46.2 Å². The quantitative estimate of drug-likeness (QED) is 0.408. The highest BCUT2D eigenvalue weighted by atomic mass is 19.4. The summed E-state index contributed by atoms with van der Waals surface area (Å²) in [6, 6.07) is 2.35. The maximum atomic E-state index is 14.4. The van der Waals surface area contributed by atoms with Crippen molar-refractivity contribution in [3.05, 3.63) is 59.1 Å². The van der Waals surface area contributed by atoms with E-state index in [1.165, 1.54) is 11.1 Å². The molecule has 0 bridgehead atoms. The van der Waals surface area contributed by atoms with Crippen molar-refractivity contribution in [2.24, 2.45) is 0 Å². The molecule has 3 aromatic heterocycles. The molecule has 5 heterocycles. The number of anilines is 1. The van der Waals surface area contributed by atoms with Crippen LogP contribution in [0.15, 0.2) is 30.7 Å². The Morgan fingerprint density at radius 2 is 2.03 bits per heavy atom. The Labute approximate surface area is 195 Å². The molecule has 1 saturated heterocycles. The number of carbonyl (C=O) groups excluding carboxylic acids is 1. The Hall–Kier alpha value is -3.96. The van der Waals surface area contributed by atoms with Crippen LogP contribution in [0.3, 0.4) is 0 Å². The summed E-state index contributed by atoms with van der Waals surface area (Å²) in [5.41, 5.74) is 7.33. The molecule has 0 unspecified atom stereocenters. The molecule has 0 radical (unpaired) electrons. The number of carbonyl (C=O) groups is 1. The average Bonchev–Trinajstić information content (AvgIpc) is 3.38. The van der Waals surface area contributed by atoms with E-state index in [9.17, 15) is 22.4 Å². The van der Waals surface area contributed by atoms with Crippen LogP contribution in [0.4, 0.5) is 23.4 Å². The largest absolute Gasteiger partial charge is 0.488 e. The van der Waals surface area contributed by atoms with Gasteiger partial charge in [-0.05, 0) is 38.0 Å². The molecule has 0 saturated carbocycles. The van der Waals surface area contributed by atoms with Gasteiger partial charge in [-0.25, -0.2) is 19.3 Å². The number of nitrogens with zero attached hydrogens (tertiary/aromatic N) is 5. The number of amides is 1. The fraction of sp³-hybridized carbons (Fsp3) is 0.304. The van der Waals surface area contributed by atoms with Gasteiger partial charge >= 0.3 is 6.18 Å². The maximum absolute atomic E-state index is 14.4. The number of fused-ring (bicyclic) bond motifs is 6. The molecule has 2 aliphatic rings. The SMILES string of the molecule is Cc1ncn2c1c(N)nc1cnc(C(=O)N3CCC[C@@H]4Oc5cc(C(F)(F)F)c(F)cc5[C@@H]43)cc12. The molecule has 180 valence electrons. The van der Waals surface area contributed by atoms with Crippen LogP contribution in [0.2, 0.25) is 0 Å². The Kier molecular flexibility index (Phi) is 4.48. The molecule has 8 nitrogen and oxygen atoms in total. The third-order valence-corrected chi connectivity index (χ3v) is 6.61. The summed E-state index contributed by atoms with van der Waals surface area (Å²) in [6.07, 6.45) is -1.31. The van der Waals surface area contributed by atoms with E-state index in [4.69, 9.17) is 10.5 Å². The summed E-state index contributed by atoms with van der Waals surface area (Å²) in [4.78, 5) is 27.9. The van der Waals surface area contributed by atoms with Gasteiger partial charge in [0.15, 0.2) is 5.82 Å². The lowest BCUT2D eigenvalue weighted by atomic mass is 9.93. The lowest BCUT2D eigenvalue weighted by molar-refractivity contribution is -0.140. The van der Waals surface area contributed by atoms with Crippen LogP contribution in [-0.4, -0.2) is 42.8 Å². The third kappa shape index (κ3) is 3.19. The number of ether oxygens (including phenoxy) is 1. The summed E-state index contributed by atoms with van der Waals surface area (Å²) in [5, 5.41) is 0. The van der Waals surface area contributed by atoms with E-state index in [0.717, 1.165) is 6.07 Å². The standard InChI is InChI=1S/C23H18F4N6O2/c1-10-19-21(28)31-15-8-29-14(7-16(15)33(19)9-30-10)22(34)32-4-2-3-17-20(32)11-5-13(24)12(23(25,26)27)6-18(11)35-17/h5-9,17,20H,2-4H2,1H3,(H2,28,31)/t17-,20-/m0/s1. The molecule has 1 aromatic carbocycles. The van der Waals surface area contributed by atoms with Crippen LogP contribution < -0.4 is 10.5 Å². The Morgan fingerprint density at radius 3 is 2.80 bits per heavy atom. The van der Waals surface area contributed by atoms with E-state index in [-0.39, 0.29) is 22.8 Å². The number of nitrogen functional groups attached to an aromatic ring is 1. The van der Waals surface area contributed by atoms with Crippen LogP contribution in [-0.2, 0) is 6.18 Å². The van der Waals surface area contributed by atoms with Crippen LogP contribution in [0.25, 0.3) is 16.6 Å². The molecule has 6 rings (SSSR count). The number of aromatic nitrogens is 4. The molecule has 12 heteroatoms. The minimum absolute atomic E-state index is 0.0600. The van der Waals surface area contributed by atoms with Gasteiger partial charge in [0.2, 0.25) is 0 Å². The predicted octanol–water partition coefficient (Wildman–Crippen LogP) is 4.06. The highest BCUT2D eigenvalue weighted by Crippen LogP contribution is 2.47. The minimum Gasteiger partial charge on any atom is -0.488 e. The molecule has 1 amide bonds. The highest BCUT2D eigenvalue weighted by Gasteiger charge is 2.46. The van der Waals surface area contributed by atoms with Crippen molar-refractivity contribution >= 4 is 28.3 Å². The number of hydrogen-bond donors (Lipinski definition) is 1. The predicted molar refractivity (Wildman–Crippen MR) is 116 cm³/mol. The molecule has 4 aromatic rings. The van der Waals surface area contributed by atoms with Crippen molar-refractivity contribution in [1.82, 2.24) is 24.3 Å².